The van der Waals surface area contributed by atoms with Gasteiger partial charge in [0.1, 0.15) is 18.2 Å². The minimum absolute atomic E-state index is 0.0102. The number of ether oxygens (including phenoxy) is 6. The predicted molar refractivity (Wildman–Crippen MR) is 225 cm³/mol. The van der Waals surface area contributed by atoms with Gasteiger partial charge in [0.15, 0.2) is 18.7 Å². The summed E-state index contributed by atoms with van der Waals surface area (Å²) in [5.74, 6) is -2.97. The van der Waals surface area contributed by atoms with E-state index < -0.39 is 84.1 Å². The number of nitrogens with zero attached hydrogens (tertiary/aromatic N) is 4. The van der Waals surface area contributed by atoms with Crippen molar-refractivity contribution in [3.63, 3.8) is 0 Å². The summed E-state index contributed by atoms with van der Waals surface area (Å²) in [5.41, 5.74) is -2.58. The lowest BCUT2D eigenvalue weighted by molar-refractivity contribution is -0.313. The van der Waals surface area contributed by atoms with Gasteiger partial charge in [0, 0.05) is 52.7 Å². The molecule has 0 aromatic carbocycles. The van der Waals surface area contributed by atoms with E-state index in [0.717, 1.165) is 0 Å². The fourth-order valence-corrected chi connectivity index (χ4v) is 10.2. The first-order chi connectivity index (χ1) is 28.0. The molecule has 5 saturated heterocycles. The minimum atomic E-state index is -1.57. The van der Waals surface area contributed by atoms with Gasteiger partial charge in [0.25, 0.3) is 6.02 Å². The van der Waals surface area contributed by atoms with Crippen LogP contribution in [0.4, 0.5) is 0 Å². The van der Waals surface area contributed by atoms with Gasteiger partial charge in [-0.1, -0.05) is 41.0 Å². The van der Waals surface area contributed by atoms with Crippen LogP contribution in [0, 0.1) is 23.7 Å². The van der Waals surface area contributed by atoms with E-state index in [1.54, 1.807) is 44.5 Å². The first kappa shape index (κ1) is 48.4. The Bertz CT molecular complexity index is 1530. The third kappa shape index (κ3) is 10.3. The Balaban J connectivity index is 1.61. The number of nitrogens with one attached hydrogen (secondary N) is 1. The van der Waals surface area contributed by atoms with Gasteiger partial charge in [-0.15, -0.1) is 0 Å². The fraction of sp³-hybridized carbons (Fsp3) is 0.909. The highest BCUT2D eigenvalue weighted by Gasteiger charge is 2.54. The number of methoxy groups -OCH3 is 1. The molecule has 60 heavy (non-hydrogen) atoms. The average Bonchev–Trinajstić information content (AvgIpc) is 3.79. The Hall–Kier alpha value is -2.60. The van der Waals surface area contributed by atoms with Crippen molar-refractivity contribution in [2.45, 2.75) is 199 Å². The van der Waals surface area contributed by atoms with Crippen molar-refractivity contribution < 1.29 is 53.0 Å². The molecular formula is C44H77N5O11. The summed E-state index contributed by atoms with van der Waals surface area (Å²) in [6.45, 7) is 21.5. The summed E-state index contributed by atoms with van der Waals surface area (Å²) in [4.78, 5) is 53.3. The van der Waals surface area contributed by atoms with Crippen LogP contribution in [0.25, 0.3) is 0 Å². The lowest BCUT2D eigenvalue weighted by Gasteiger charge is -2.48. The molecule has 17 atom stereocenters. The number of fused-ring (bicyclic) bond motifs is 2. The molecule has 3 N–H and O–H groups in total. The Morgan fingerprint density at radius 3 is 2.32 bits per heavy atom. The SMILES string of the molecule is CC[C@H](C)C1NC(=O)[C@H](C)[C@@H](O[C@H]2C[C@@](C)(OC)[C@@H](O)[C@H](C)O2)[C@H](C)[C@@H](O[C@@H]2O[C@H](C)C[C@H]3[C@H]2O/C(=N/C(C)C)N3C)[C@](C)(O)C[C@@H](C)CN(C)C(=O)[C@@H]2CCCN2C1=O. The molecule has 0 saturated carbocycles. The topological polar surface area (TPSA) is 181 Å². The monoisotopic (exact) mass is 852 g/mol. The Labute approximate surface area is 358 Å². The highest BCUT2D eigenvalue weighted by Crippen LogP contribution is 2.41. The third-order valence-electron chi connectivity index (χ3n) is 13.9. The summed E-state index contributed by atoms with van der Waals surface area (Å²) < 4.78 is 39.1. The Morgan fingerprint density at radius 1 is 1.00 bits per heavy atom. The van der Waals surface area contributed by atoms with Crippen LogP contribution in [0.2, 0.25) is 0 Å². The van der Waals surface area contributed by atoms with Gasteiger partial charge in [-0.05, 0) is 79.1 Å². The molecule has 0 aromatic rings. The molecule has 0 aliphatic carbocycles. The number of aliphatic imine (C=N–C) groups is 1. The van der Waals surface area contributed by atoms with Crippen molar-refractivity contribution in [3.05, 3.63) is 0 Å². The van der Waals surface area contributed by atoms with Crippen LogP contribution < -0.4 is 5.32 Å². The molecule has 0 radical (unpaired) electrons. The third-order valence-corrected chi connectivity index (χ3v) is 13.9. The smallest absolute Gasteiger partial charge is 0.288 e. The highest BCUT2D eigenvalue weighted by molar-refractivity contribution is 5.93. The number of carbonyl (C=O) groups excluding carboxylic acids is 3. The van der Waals surface area contributed by atoms with Crippen molar-refractivity contribution >= 4 is 23.7 Å². The minimum Gasteiger partial charge on any atom is -0.454 e. The van der Waals surface area contributed by atoms with Gasteiger partial charge in [-0.3, -0.25) is 14.4 Å². The van der Waals surface area contributed by atoms with Crippen molar-refractivity contribution in [1.29, 1.82) is 0 Å². The zero-order valence-electron chi connectivity index (χ0n) is 38.8. The van der Waals surface area contributed by atoms with Crippen molar-refractivity contribution in [2.75, 3.05) is 34.3 Å². The largest absolute Gasteiger partial charge is 0.454 e. The van der Waals surface area contributed by atoms with Crippen LogP contribution in [-0.4, -0.2) is 168 Å². The highest BCUT2D eigenvalue weighted by atomic mass is 16.7. The van der Waals surface area contributed by atoms with Crippen LogP contribution in [0.15, 0.2) is 4.99 Å². The molecule has 5 heterocycles. The van der Waals surface area contributed by atoms with Crippen LogP contribution in [0.5, 0.6) is 0 Å². The van der Waals surface area contributed by atoms with Crippen molar-refractivity contribution in [3.8, 4) is 0 Å². The Kier molecular flexibility index (Phi) is 15.7. The summed E-state index contributed by atoms with van der Waals surface area (Å²) in [6.07, 6.45) is -3.39. The molecule has 0 bridgehead atoms. The molecular weight excluding hydrogens is 775 g/mol. The van der Waals surface area contributed by atoms with E-state index in [2.05, 4.69) is 5.32 Å². The van der Waals surface area contributed by atoms with E-state index in [1.165, 1.54) is 7.11 Å². The zero-order valence-corrected chi connectivity index (χ0v) is 38.8. The second kappa shape index (κ2) is 19.4. The first-order valence-corrected chi connectivity index (χ1v) is 22.4. The number of hydrogen-bond acceptors (Lipinski definition) is 12. The molecule has 0 spiro atoms. The molecule has 3 amide bonds. The van der Waals surface area contributed by atoms with E-state index in [4.69, 9.17) is 33.4 Å². The molecule has 344 valence electrons. The number of amidine groups is 1. The summed E-state index contributed by atoms with van der Waals surface area (Å²) in [6, 6.07) is -1.18. The maximum Gasteiger partial charge on any atom is 0.288 e. The predicted octanol–water partition coefficient (Wildman–Crippen LogP) is 3.30. The van der Waals surface area contributed by atoms with E-state index in [9.17, 15) is 24.6 Å². The number of likely N-dealkylation sites (N-methyl/N-ethyl adjacent to an activating group) is 2. The van der Waals surface area contributed by atoms with Crippen LogP contribution in [0.3, 0.4) is 0 Å². The van der Waals surface area contributed by atoms with Crippen LogP contribution in [0.1, 0.15) is 115 Å². The van der Waals surface area contributed by atoms with Crippen LogP contribution in [-0.2, 0) is 42.8 Å². The van der Waals surface area contributed by atoms with Gasteiger partial charge < -0.3 is 58.7 Å². The molecule has 1 unspecified atom stereocenters. The van der Waals surface area contributed by atoms with Gasteiger partial charge >= 0.3 is 0 Å². The molecule has 16 heteroatoms. The number of aliphatic hydroxyl groups is 2. The number of carbonyl (C=O) groups is 3. The lowest BCUT2D eigenvalue weighted by atomic mass is 9.77. The number of rotatable bonds is 8. The quantitative estimate of drug-likeness (QED) is 0.325. The maximum atomic E-state index is 14.7. The first-order valence-electron chi connectivity index (χ1n) is 22.4. The van der Waals surface area contributed by atoms with Gasteiger partial charge in [0.05, 0.1) is 47.6 Å². The van der Waals surface area contributed by atoms with E-state index in [0.29, 0.717) is 44.8 Å². The standard InChI is InChI=1S/C44H77N5O11/c1-15-25(5)33-40(53)49-18-16-17-30(49)39(52)47(12)22-24(4)20-43(10,54)37(60-41-35-31(19-26(6)56-41)48(13)42(59-35)45-23(2)3)27(7)34(28(8)38(51)46-33)58-32-21-44(11,55-14)36(50)29(9)57-32/h23-37,41,50,54H,15-22H2,1-14H3,(H,46,51)/b45-42+/t24-,25+,26-,27+,28-,29+,30+,31+,32+,33?,34+,35-,36+,37-,41+,43-,44-/m1/s1. The molecule has 5 fully saturated rings. The molecule has 16 nitrogen and oxygen atoms in total. The number of amides is 3. The van der Waals surface area contributed by atoms with E-state index in [1.807, 2.05) is 60.4 Å². The second-order valence-electron chi connectivity index (χ2n) is 19.5. The normalized spacial score (nSPS) is 43.9. The summed E-state index contributed by atoms with van der Waals surface area (Å²) in [7, 11) is 5.23. The molecule has 0 aromatic heterocycles. The molecule has 5 aliphatic rings. The van der Waals surface area contributed by atoms with Gasteiger partial charge in [-0.2, -0.15) is 0 Å². The van der Waals surface area contributed by atoms with Gasteiger partial charge in [0.2, 0.25) is 17.7 Å². The summed E-state index contributed by atoms with van der Waals surface area (Å²) >= 11 is 0. The fourth-order valence-electron chi connectivity index (χ4n) is 10.2. The van der Waals surface area contributed by atoms with E-state index >= 15 is 0 Å². The van der Waals surface area contributed by atoms with Gasteiger partial charge in [-0.25, -0.2) is 4.99 Å². The van der Waals surface area contributed by atoms with E-state index in [-0.39, 0.29) is 54.7 Å². The maximum absolute atomic E-state index is 14.7. The average molecular weight is 852 g/mol. The van der Waals surface area contributed by atoms with Crippen molar-refractivity contribution in [1.82, 2.24) is 20.0 Å². The second-order valence-corrected chi connectivity index (χ2v) is 19.5. The molecule has 5 aliphatic heterocycles. The molecule has 5 rings (SSSR count). The Morgan fingerprint density at radius 2 is 1.68 bits per heavy atom. The van der Waals surface area contributed by atoms with Crippen LogP contribution >= 0.6 is 0 Å². The van der Waals surface area contributed by atoms with Crippen molar-refractivity contribution in [2.24, 2.45) is 28.7 Å². The number of aliphatic hydroxyl groups excluding tert-OH is 1. The number of hydrogen-bond donors (Lipinski definition) is 3. The lowest BCUT2D eigenvalue weighted by Crippen LogP contribution is -2.61. The zero-order chi connectivity index (χ0) is 44.6. The summed E-state index contributed by atoms with van der Waals surface area (Å²) in [5, 5.41) is 27.0.